The minimum absolute atomic E-state index is 0.0601. The molecule has 2 fully saturated rings. The first kappa shape index (κ1) is 19.9. The van der Waals surface area contributed by atoms with E-state index in [1.165, 1.54) is 24.8 Å². The van der Waals surface area contributed by atoms with Crippen LogP contribution in [0, 0.1) is 4.77 Å². The zero-order valence-corrected chi connectivity index (χ0v) is 18.5. The van der Waals surface area contributed by atoms with Crippen LogP contribution in [-0.4, -0.2) is 19.3 Å². The van der Waals surface area contributed by atoms with E-state index in [0.29, 0.717) is 12.7 Å². The Morgan fingerprint density at radius 1 is 1.10 bits per heavy atom. The van der Waals surface area contributed by atoms with Crippen molar-refractivity contribution in [3.05, 3.63) is 64.1 Å². The number of nitrogens with one attached hydrogen (secondary N) is 1. The SMILES string of the molecule is S=c1n(CNC2(c3ccc(Cl)cc3)CCCCC2)nc(-c2cccnc2)n1C1CC1. The third kappa shape index (κ3) is 3.84. The average Bonchev–Trinajstić information content (AvgIpc) is 3.57. The summed E-state index contributed by atoms with van der Waals surface area (Å²) in [6, 6.07) is 12.8. The van der Waals surface area contributed by atoms with Gasteiger partial charge >= 0.3 is 0 Å². The molecule has 0 unspecified atom stereocenters. The largest absolute Gasteiger partial charge is 0.297 e. The van der Waals surface area contributed by atoms with Gasteiger partial charge in [0.25, 0.3) is 0 Å². The lowest BCUT2D eigenvalue weighted by atomic mass is 9.76. The predicted octanol–water partition coefficient (Wildman–Crippen LogP) is 5.87. The van der Waals surface area contributed by atoms with Gasteiger partial charge in [-0.15, -0.1) is 0 Å². The standard InChI is InChI=1S/C23H26ClN5S/c24-19-8-6-18(7-9-19)23(12-2-1-3-13-23)26-16-28-22(30)29(20-10-11-20)21(27-28)17-5-4-14-25-15-17/h4-9,14-15,20,26H,1-3,10-13,16H2. The highest BCUT2D eigenvalue weighted by Crippen LogP contribution is 2.39. The summed E-state index contributed by atoms with van der Waals surface area (Å²) in [5, 5.41) is 9.53. The van der Waals surface area contributed by atoms with Crippen molar-refractivity contribution in [1.82, 2.24) is 24.6 Å². The van der Waals surface area contributed by atoms with Crippen molar-refractivity contribution in [2.24, 2.45) is 0 Å². The van der Waals surface area contributed by atoms with E-state index < -0.39 is 0 Å². The molecule has 2 heterocycles. The maximum atomic E-state index is 6.15. The molecule has 0 saturated heterocycles. The van der Waals surface area contributed by atoms with Crippen molar-refractivity contribution in [1.29, 1.82) is 0 Å². The molecule has 0 spiro atoms. The van der Waals surface area contributed by atoms with E-state index in [9.17, 15) is 0 Å². The summed E-state index contributed by atoms with van der Waals surface area (Å²) < 4.78 is 4.94. The molecule has 2 saturated carbocycles. The van der Waals surface area contributed by atoms with Gasteiger partial charge in [-0.2, -0.15) is 5.10 Å². The molecule has 2 aliphatic rings. The lowest BCUT2D eigenvalue weighted by Gasteiger charge is -2.39. The van der Waals surface area contributed by atoms with E-state index in [1.807, 2.05) is 29.1 Å². The average molecular weight is 440 g/mol. The van der Waals surface area contributed by atoms with Crippen LogP contribution in [0.4, 0.5) is 0 Å². The van der Waals surface area contributed by atoms with Crippen molar-refractivity contribution in [3.63, 3.8) is 0 Å². The predicted molar refractivity (Wildman–Crippen MR) is 122 cm³/mol. The van der Waals surface area contributed by atoms with Gasteiger partial charge in [0.1, 0.15) is 0 Å². The Labute approximate surface area is 187 Å². The van der Waals surface area contributed by atoms with Gasteiger partial charge in [0, 0.05) is 34.6 Å². The summed E-state index contributed by atoms with van der Waals surface area (Å²) in [4.78, 5) is 4.28. The van der Waals surface area contributed by atoms with Gasteiger partial charge in [-0.05, 0) is 67.7 Å². The molecule has 2 aliphatic carbocycles. The molecule has 30 heavy (non-hydrogen) atoms. The van der Waals surface area contributed by atoms with Gasteiger partial charge in [-0.3, -0.25) is 14.9 Å². The molecule has 0 aliphatic heterocycles. The lowest BCUT2D eigenvalue weighted by Crippen LogP contribution is -2.45. The van der Waals surface area contributed by atoms with E-state index in [2.05, 4.69) is 33.1 Å². The number of nitrogens with zero attached hydrogens (tertiary/aromatic N) is 4. The molecular formula is C23H26ClN5S. The molecule has 156 valence electrons. The van der Waals surface area contributed by atoms with Gasteiger partial charge in [0.05, 0.1) is 6.67 Å². The summed E-state index contributed by atoms with van der Waals surface area (Å²) >= 11 is 12.0. The molecule has 1 aromatic carbocycles. The van der Waals surface area contributed by atoms with Crippen molar-refractivity contribution < 1.29 is 0 Å². The lowest BCUT2D eigenvalue weighted by molar-refractivity contribution is 0.210. The second kappa shape index (κ2) is 8.25. The Morgan fingerprint density at radius 2 is 1.87 bits per heavy atom. The minimum Gasteiger partial charge on any atom is -0.297 e. The van der Waals surface area contributed by atoms with E-state index in [0.717, 1.165) is 46.9 Å². The topological polar surface area (TPSA) is 47.7 Å². The highest BCUT2D eigenvalue weighted by molar-refractivity contribution is 7.71. The Morgan fingerprint density at radius 3 is 2.53 bits per heavy atom. The Balaban J connectivity index is 1.46. The van der Waals surface area contributed by atoms with Crippen molar-refractivity contribution in [3.8, 4) is 11.4 Å². The highest BCUT2D eigenvalue weighted by atomic mass is 35.5. The zero-order valence-electron chi connectivity index (χ0n) is 16.9. The number of rotatable bonds is 6. The van der Waals surface area contributed by atoms with Gasteiger partial charge in [-0.1, -0.05) is 43.0 Å². The smallest absolute Gasteiger partial charge is 0.199 e. The van der Waals surface area contributed by atoms with Gasteiger partial charge in [0.2, 0.25) is 0 Å². The summed E-state index contributed by atoms with van der Waals surface area (Å²) in [6.45, 7) is 0.592. The van der Waals surface area contributed by atoms with Crippen LogP contribution >= 0.6 is 23.8 Å². The molecule has 2 aromatic heterocycles. The van der Waals surface area contributed by atoms with E-state index >= 15 is 0 Å². The summed E-state index contributed by atoms with van der Waals surface area (Å²) in [6.07, 6.45) is 11.9. The molecule has 5 rings (SSSR count). The number of benzene rings is 1. The second-order valence-electron chi connectivity index (χ2n) is 8.43. The fourth-order valence-electron chi connectivity index (χ4n) is 4.59. The van der Waals surface area contributed by atoms with Crippen LogP contribution in [0.5, 0.6) is 0 Å². The number of halogens is 1. The first-order valence-corrected chi connectivity index (χ1v) is 11.6. The molecule has 0 radical (unpaired) electrons. The Bertz CT molecular complexity index is 1060. The van der Waals surface area contributed by atoms with Crippen LogP contribution in [0.25, 0.3) is 11.4 Å². The number of aromatic nitrogens is 4. The fourth-order valence-corrected chi connectivity index (χ4v) is 5.06. The van der Waals surface area contributed by atoms with Crippen LogP contribution in [0.1, 0.15) is 56.6 Å². The van der Waals surface area contributed by atoms with Gasteiger partial charge < -0.3 is 0 Å². The fraction of sp³-hybridized carbons (Fsp3) is 0.435. The number of pyridine rings is 1. The third-order valence-electron chi connectivity index (χ3n) is 6.37. The van der Waals surface area contributed by atoms with Crippen LogP contribution in [0.15, 0.2) is 48.8 Å². The molecule has 7 heteroatoms. The molecular weight excluding hydrogens is 414 g/mol. The summed E-state index contributed by atoms with van der Waals surface area (Å²) in [7, 11) is 0. The third-order valence-corrected chi connectivity index (χ3v) is 7.03. The molecule has 0 atom stereocenters. The summed E-state index contributed by atoms with van der Waals surface area (Å²) in [5.74, 6) is 0.918. The normalized spacial score (nSPS) is 18.4. The molecule has 0 bridgehead atoms. The highest BCUT2D eigenvalue weighted by Gasteiger charge is 2.34. The Kier molecular flexibility index (Phi) is 5.48. The first-order valence-electron chi connectivity index (χ1n) is 10.8. The number of hydrogen-bond acceptors (Lipinski definition) is 4. The minimum atomic E-state index is -0.0601. The van der Waals surface area contributed by atoms with Gasteiger partial charge in [0.15, 0.2) is 10.6 Å². The molecule has 5 nitrogen and oxygen atoms in total. The first-order chi connectivity index (χ1) is 14.7. The van der Waals surface area contributed by atoms with Crippen molar-refractivity contribution in [2.75, 3.05) is 0 Å². The zero-order chi connectivity index (χ0) is 20.6. The molecule has 0 amide bonds. The molecule has 1 N–H and O–H groups in total. The number of hydrogen-bond donors (Lipinski definition) is 1. The maximum Gasteiger partial charge on any atom is 0.199 e. The van der Waals surface area contributed by atoms with E-state index in [1.54, 1.807) is 6.20 Å². The van der Waals surface area contributed by atoms with Crippen molar-refractivity contribution in [2.45, 2.75) is 63.2 Å². The second-order valence-corrected chi connectivity index (χ2v) is 9.23. The Hall–Kier alpha value is -2.02. The van der Waals surface area contributed by atoms with Crippen LogP contribution in [0.3, 0.4) is 0 Å². The van der Waals surface area contributed by atoms with Crippen molar-refractivity contribution >= 4 is 23.8 Å². The summed E-state index contributed by atoms with van der Waals surface area (Å²) in [5.41, 5.74) is 2.25. The van der Waals surface area contributed by atoms with Crippen LogP contribution in [-0.2, 0) is 12.2 Å². The van der Waals surface area contributed by atoms with Gasteiger partial charge in [-0.25, -0.2) is 4.68 Å². The van der Waals surface area contributed by atoms with Crippen LogP contribution < -0.4 is 5.32 Å². The van der Waals surface area contributed by atoms with E-state index in [4.69, 9.17) is 28.9 Å². The maximum absolute atomic E-state index is 6.15. The van der Waals surface area contributed by atoms with E-state index in [-0.39, 0.29) is 5.54 Å². The van der Waals surface area contributed by atoms with Crippen LogP contribution in [0.2, 0.25) is 5.02 Å². The molecule has 3 aromatic rings. The monoisotopic (exact) mass is 439 g/mol. The quantitative estimate of drug-likeness (QED) is 0.488.